The molecule has 1 aliphatic rings. The Labute approximate surface area is 211 Å². The first-order chi connectivity index (χ1) is 17.0. The molecule has 35 heavy (non-hydrogen) atoms. The van der Waals surface area contributed by atoms with E-state index in [4.69, 9.17) is 10.2 Å². The number of benzene rings is 1. The summed E-state index contributed by atoms with van der Waals surface area (Å²) in [5.41, 5.74) is 3.10. The molecule has 0 saturated carbocycles. The number of rotatable bonds is 6. The number of pyridine rings is 1. The molecule has 11 heteroatoms. The van der Waals surface area contributed by atoms with E-state index in [1.165, 1.54) is 28.6 Å². The number of hydrogen-bond acceptors (Lipinski definition) is 7. The fraction of sp³-hybridized carbons (Fsp3) is 0.250. The Bertz CT molecular complexity index is 1490. The van der Waals surface area contributed by atoms with E-state index in [1.54, 1.807) is 16.9 Å². The second-order valence-corrected chi connectivity index (χ2v) is 11.1. The molecule has 5 rings (SSSR count). The van der Waals surface area contributed by atoms with Gasteiger partial charge in [0, 0.05) is 49.7 Å². The molecule has 1 fully saturated rings. The van der Waals surface area contributed by atoms with E-state index in [9.17, 15) is 8.42 Å². The van der Waals surface area contributed by atoms with Gasteiger partial charge in [-0.25, -0.2) is 13.4 Å². The number of nitrogens with zero attached hydrogens (tertiary/aromatic N) is 6. The quantitative estimate of drug-likeness (QED) is 0.385. The molecule has 178 valence electrons. The van der Waals surface area contributed by atoms with Crippen LogP contribution in [-0.2, 0) is 16.6 Å². The number of sulfonamides is 1. The third-order valence-corrected chi connectivity index (χ3v) is 8.61. The number of anilines is 1. The van der Waals surface area contributed by atoms with E-state index in [2.05, 4.69) is 31.3 Å². The summed E-state index contributed by atoms with van der Waals surface area (Å²) in [6.45, 7) is 1.39. The Morgan fingerprint density at radius 2 is 1.91 bits per heavy atom. The average Bonchev–Trinajstić information content (AvgIpc) is 3.28. The minimum Gasteiger partial charge on any atom is -0.366 e. The van der Waals surface area contributed by atoms with Gasteiger partial charge in [0.1, 0.15) is 5.82 Å². The topological polar surface area (TPSA) is 116 Å². The van der Waals surface area contributed by atoms with Crippen molar-refractivity contribution in [3.05, 3.63) is 82.3 Å². The lowest BCUT2D eigenvalue weighted by atomic mass is 9.94. The SMILES string of the molecule is N#Cc1ccc(S(=O)(=O)N2CCC(c3cc(NCc4cccnc4)n4ncc(Br)c4n3)CC2)cc1. The maximum atomic E-state index is 13.1. The molecule has 0 spiro atoms. The predicted molar refractivity (Wildman–Crippen MR) is 134 cm³/mol. The molecule has 1 aromatic carbocycles. The molecule has 3 aromatic heterocycles. The number of nitriles is 1. The van der Waals surface area contributed by atoms with Gasteiger partial charge in [-0.15, -0.1) is 0 Å². The highest BCUT2D eigenvalue weighted by molar-refractivity contribution is 9.10. The average molecular weight is 552 g/mol. The van der Waals surface area contributed by atoms with E-state index in [1.807, 2.05) is 30.5 Å². The molecule has 0 bridgehead atoms. The van der Waals surface area contributed by atoms with Crippen LogP contribution in [0.25, 0.3) is 5.65 Å². The second-order valence-electron chi connectivity index (χ2n) is 8.32. The zero-order valence-corrected chi connectivity index (χ0v) is 21.1. The van der Waals surface area contributed by atoms with Crippen molar-refractivity contribution >= 4 is 37.4 Å². The van der Waals surface area contributed by atoms with Crippen LogP contribution in [0.4, 0.5) is 5.82 Å². The van der Waals surface area contributed by atoms with Gasteiger partial charge in [0.05, 0.1) is 27.2 Å². The Balaban J connectivity index is 1.34. The van der Waals surface area contributed by atoms with Crippen LogP contribution >= 0.6 is 15.9 Å². The minimum atomic E-state index is -3.61. The van der Waals surface area contributed by atoms with Crippen LogP contribution in [0.5, 0.6) is 0 Å². The lowest BCUT2D eigenvalue weighted by Crippen LogP contribution is -2.38. The highest BCUT2D eigenvalue weighted by Crippen LogP contribution is 2.32. The molecular formula is C24H22BrN7O2S. The molecule has 1 N–H and O–H groups in total. The summed E-state index contributed by atoms with van der Waals surface area (Å²) < 4.78 is 30.2. The third kappa shape index (κ3) is 4.77. The number of fused-ring (bicyclic) bond motifs is 1. The first-order valence-corrected chi connectivity index (χ1v) is 13.4. The lowest BCUT2D eigenvalue weighted by Gasteiger charge is -2.31. The maximum Gasteiger partial charge on any atom is 0.243 e. The van der Waals surface area contributed by atoms with E-state index in [0.29, 0.717) is 43.7 Å². The summed E-state index contributed by atoms with van der Waals surface area (Å²) in [6, 6.07) is 14.0. The molecule has 0 amide bonds. The fourth-order valence-electron chi connectivity index (χ4n) is 4.23. The van der Waals surface area contributed by atoms with Gasteiger partial charge in [-0.3, -0.25) is 4.98 Å². The largest absolute Gasteiger partial charge is 0.366 e. The molecule has 0 atom stereocenters. The summed E-state index contributed by atoms with van der Waals surface area (Å²) in [6.07, 6.45) is 6.59. The Kier molecular flexibility index (Phi) is 6.51. The number of aromatic nitrogens is 4. The van der Waals surface area contributed by atoms with Crippen LogP contribution in [0.2, 0.25) is 0 Å². The van der Waals surface area contributed by atoms with Gasteiger partial charge in [0.15, 0.2) is 5.65 Å². The monoisotopic (exact) mass is 551 g/mol. The van der Waals surface area contributed by atoms with E-state index < -0.39 is 10.0 Å². The predicted octanol–water partition coefficient (Wildman–Crippen LogP) is 3.94. The Hall–Kier alpha value is -3.33. The molecule has 4 aromatic rings. The number of halogens is 1. The molecule has 0 aliphatic carbocycles. The van der Waals surface area contributed by atoms with Crippen LogP contribution in [0.1, 0.15) is 35.6 Å². The highest BCUT2D eigenvalue weighted by Gasteiger charge is 2.31. The summed E-state index contributed by atoms with van der Waals surface area (Å²) in [7, 11) is -3.61. The van der Waals surface area contributed by atoms with E-state index in [0.717, 1.165) is 21.5 Å². The van der Waals surface area contributed by atoms with Gasteiger partial charge < -0.3 is 5.32 Å². The summed E-state index contributed by atoms with van der Waals surface area (Å²) in [5.74, 6) is 0.931. The van der Waals surface area contributed by atoms with Crippen molar-refractivity contribution in [3.63, 3.8) is 0 Å². The minimum absolute atomic E-state index is 0.119. The van der Waals surface area contributed by atoms with Crippen molar-refractivity contribution in [2.75, 3.05) is 18.4 Å². The van der Waals surface area contributed by atoms with E-state index in [-0.39, 0.29) is 10.8 Å². The molecule has 0 radical (unpaired) electrons. The number of nitrogens with one attached hydrogen (secondary N) is 1. The first-order valence-electron chi connectivity index (χ1n) is 11.1. The van der Waals surface area contributed by atoms with Crippen LogP contribution in [0.3, 0.4) is 0 Å². The Morgan fingerprint density at radius 1 is 1.14 bits per heavy atom. The smallest absolute Gasteiger partial charge is 0.243 e. The normalized spacial score (nSPS) is 15.2. The molecule has 9 nitrogen and oxygen atoms in total. The molecule has 0 unspecified atom stereocenters. The Morgan fingerprint density at radius 3 is 2.60 bits per heavy atom. The van der Waals surface area contributed by atoms with Crippen molar-refractivity contribution < 1.29 is 8.42 Å². The highest BCUT2D eigenvalue weighted by atomic mass is 79.9. The van der Waals surface area contributed by atoms with Crippen LogP contribution in [0.15, 0.2) is 70.4 Å². The third-order valence-electron chi connectivity index (χ3n) is 6.14. The molecule has 4 heterocycles. The standard InChI is InChI=1S/C24H22BrN7O2S/c25-21-16-29-32-23(28-15-18-2-1-9-27-14-18)12-22(30-24(21)32)19-7-10-31(11-8-19)35(33,34)20-5-3-17(13-26)4-6-20/h1-6,9,12,14,16,19,28H,7-8,10-11,15H2. The van der Waals surface area contributed by atoms with Gasteiger partial charge >= 0.3 is 0 Å². The van der Waals surface area contributed by atoms with Crippen molar-refractivity contribution in [3.8, 4) is 6.07 Å². The zero-order valence-electron chi connectivity index (χ0n) is 18.7. The van der Waals surface area contributed by atoms with Crippen molar-refractivity contribution in [2.24, 2.45) is 0 Å². The fourth-order valence-corrected chi connectivity index (χ4v) is 6.05. The summed E-state index contributed by atoms with van der Waals surface area (Å²) in [4.78, 5) is 9.21. The van der Waals surface area contributed by atoms with Gasteiger partial charge in [-0.2, -0.15) is 19.2 Å². The molecule has 1 aliphatic heterocycles. The van der Waals surface area contributed by atoms with Crippen molar-refractivity contribution in [1.82, 2.24) is 23.9 Å². The molecular weight excluding hydrogens is 530 g/mol. The van der Waals surface area contributed by atoms with Crippen LogP contribution < -0.4 is 5.32 Å². The number of hydrogen-bond donors (Lipinski definition) is 1. The van der Waals surface area contributed by atoms with Crippen LogP contribution in [0, 0.1) is 11.3 Å². The van der Waals surface area contributed by atoms with Gasteiger partial charge in [-0.05, 0) is 64.7 Å². The maximum absolute atomic E-state index is 13.1. The second kappa shape index (κ2) is 9.73. The summed E-state index contributed by atoms with van der Waals surface area (Å²) in [5, 5.41) is 16.8. The number of piperidine rings is 1. The van der Waals surface area contributed by atoms with Gasteiger partial charge in [0.25, 0.3) is 0 Å². The first kappa shape index (κ1) is 23.4. The van der Waals surface area contributed by atoms with Crippen LogP contribution in [-0.4, -0.2) is 45.4 Å². The van der Waals surface area contributed by atoms with Crippen molar-refractivity contribution in [1.29, 1.82) is 5.26 Å². The zero-order chi connectivity index (χ0) is 24.4. The van der Waals surface area contributed by atoms with Gasteiger partial charge in [-0.1, -0.05) is 6.07 Å². The van der Waals surface area contributed by atoms with E-state index >= 15 is 0 Å². The molecule has 1 saturated heterocycles. The lowest BCUT2D eigenvalue weighted by molar-refractivity contribution is 0.317. The van der Waals surface area contributed by atoms with Gasteiger partial charge in [0.2, 0.25) is 10.0 Å². The van der Waals surface area contributed by atoms with Crippen molar-refractivity contribution in [2.45, 2.75) is 30.2 Å². The summed E-state index contributed by atoms with van der Waals surface area (Å²) >= 11 is 3.54.